The smallest absolute Gasteiger partial charge is 0.247 e. The van der Waals surface area contributed by atoms with Gasteiger partial charge in [0.1, 0.15) is 5.76 Å². The Balaban J connectivity index is 1.95. The Morgan fingerprint density at radius 3 is 2.89 bits per heavy atom. The first-order valence-electron chi connectivity index (χ1n) is 6.53. The van der Waals surface area contributed by atoms with E-state index in [4.69, 9.17) is 4.42 Å². The molecule has 6 heteroatoms. The molecule has 0 spiro atoms. The van der Waals surface area contributed by atoms with Crippen molar-refractivity contribution < 1.29 is 14.0 Å². The number of rotatable bonds is 5. The van der Waals surface area contributed by atoms with Gasteiger partial charge >= 0.3 is 0 Å². The zero-order chi connectivity index (χ0) is 14.0. The molecule has 2 unspecified atom stereocenters. The van der Waals surface area contributed by atoms with Crippen molar-refractivity contribution in [2.45, 2.75) is 52.2 Å². The lowest BCUT2D eigenvalue weighted by Crippen LogP contribution is -2.42. The summed E-state index contributed by atoms with van der Waals surface area (Å²) in [7, 11) is 0. The van der Waals surface area contributed by atoms with Gasteiger partial charge in [0.2, 0.25) is 17.7 Å². The van der Waals surface area contributed by atoms with E-state index < -0.39 is 6.04 Å². The van der Waals surface area contributed by atoms with Crippen molar-refractivity contribution in [2.24, 2.45) is 0 Å². The fraction of sp³-hybridized carbons (Fsp3) is 0.615. The average Bonchev–Trinajstić information content (AvgIpc) is 2.90. The average molecular weight is 265 g/mol. The van der Waals surface area contributed by atoms with Crippen LogP contribution in [0, 0.1) is 6.92 Å². The third-order valence-corrected chi connectivity index (χ3v) is 3.38. The number of oxazole rings is 1. The van der Waals surface area contributed by atoms with Gasteiger partial charge in [-0.25, -0.2) is 4.98 Å². The fourth-order valence-electron chi connectivity index (χ4n) is 2.15. The van der Waals surface area contributed by atoms with E-state index in [1.54, 1.807) is 6.20 Å². The van der Waals surface area contributed by atoms with Crippen LogP contribution in [-0.4, -0.2) is 33.8 Å². The van der Waals surface area contributed by atoms with E-state index in [-0.39, 0.29) is 24.3 Å². The Morgan fingerprint density at radius 2 is 2.32 bits per heavy atom. The van der Waals surface area contributed by atoms with Crippen LogP contribution < -0.4 is 5.32 Å². The van der Waals surface area contributed by atoms with E-state index in [0.717, 1.165) is 12.2 Å². The number of likely N-dealkylation sites (tertiary alicyclic amines) is 1. The highest BCUT2D eigenvalue weighted by Crippen LogP contribution is 2.18. The van der Waals surface area contributed by atoms with Gasteiger partial charge in [-0.3, -0.25) is 19.8 Å². The quantitative estimate of drug-likeness (QED) is 0.804. The number of imide groups is 1. The van der Waals surface area contributed by atoms with Crippen LogP contribution in [0.5, 0.6) is 0 Å². The maximum absolute atomic E-state index is 12.1. The summed E-state index contributed by atoms with van der Waals surface area (Å²) in [5, 5.41) is 3.03. The third-order valence-electron chi connectivity index (χ3n) is 3.38. The molecule has 1 aliphatic heterocycles. The van der Waals surface area contributed by atoms with Gasteiger partial charge in [-0.2, -0.15) is 0 Å². The second-order valence-corrected chi connectivity index (χ2v) is 4.86. The molecule has 0 aromatic carbocycles. The molecule has 1 N–H and O–H groups in total. The van der Waals surface area contributed by atoms with Crippen molar-refractivity contribution >= 4 is 11.8 Å². The summed E-state index contributed by atoms with van der Waals surface area (Å²) in [5.41, 5.74) is 0. The maximum Gasteiger partial charge on any atom is 0.247 e. The SMILES string of the molecule is CCC(C)N1C(=O)CC(NCc2ncc(C)o2)C1=O. The van der Waals surface area contributed by atoms with Crippen molar-refractivity contribution in [3.05, 3.63) is 17.8 Å². The third kappa shape index (κ3) is 2.84. The molecule has 1 aromatic rings. The Kier molecular flexibility index (Phi) is 3.99. The fourth-order valence-corrected chi connectivity index (χ4v) is 2.15. The van der Waals surface area contributed by atoms with Gasteiger partial charge in [0.25, 0.3) is 0 Å². The van der Waals surface area contributed by atoms with Crippen LogP contribution in [0.1, 0.15) is 38.3 Å². The van der Waals surface area contributed by atoms with Gasteiger partial charge in [0, 0.05) is 6.04 Å². The second kappa shape index (κ2) is 5.52. The molecular weight excluding hydrogens is 246 g/mol. The van der Waals surface area contributed by atoms with Crippen LogP contribution in [0.4, 0.5) is 0 Å². The molecule has 1 aromatic heterocycles. The summed E-state index contributed by atoms with van der Waals surface area (Å²) in [6.07, 6.45) is 2.61. The number of nitrogens with one attached hydrogen (secondary N) is 1. The lowest BCUT2D eigenvalue weighted by Gasteiger charge is -2.21. The summed E-state index contributed by atoms with van der Waals surface area (Å²) in [6, 6.07) is -0.510. The number of nitrogens with zero attached hydrogens (tertiary/aromatic N) is 2. The molecule has 1 aliphatic rings. The number of aryl methyl sites for hydroxylation is 1. The van der Waals surface area contributed by atoms with Gasteiger partial charge < -0.3 is 4.42 Å². The summed E-state index contributed by atoms with van der Waals surface area (Å²) in [5.74, 6) is 0.995. The lowest BCUT2D eigenvalue weighted by atomic mass is 10.2. The number of amides is 2. The zero-order valence-corrected chi connectivity index (χ0v) is 11.5. The molecule has 0 bridgehead atoms. The number of aromatic nitrogens is 1. The van der Waals surface area contributed by atoms with Gasteiger partial charge in [0.15, 0.2) is 0 Å². The van der Waals surface area contributed by atoms with E-state index in [1.807, 2.05) is 20.8 Å². The van der Waals surface area contributed by atoms with Crippen LogP contribution in [0.15, 0.2) is 10.6 Å². The number of carbonyl (C=O) groups is 2. The molecule has 19 heavy (non-hydrogen) atoms. The highest BCUT2D eigenvalue weighted by molar-refractivity contribution is 6.05. The molecular formula is C13H19N3O3. The van der Waals surface area contributed by atoms with Crippen molar-refractivity contribution in [1.29, 1.82) is 0 Å². The monoisotopic (exact) mass is 265 g/mol. The molecule has 0 saturated carbocycles. The number of hydrogen-bond donors (Lipinski definition) is 1. The van der Waals surface area contributed by atoms with E-state index >= 15 is 0 Å². The molecule has 104 valence electrons. The minimum absolute atomic E-state index is 0.0456. The molecule has 1 fully saturated rings. The second-order valence-electron chi connectivity index (χ2n) is 4.86. The Labute approximate surface area is 112 Å². The summed E-state index contributed by atoms with van der Waals surface area (Å²) in [4.78, 5) is 29.4. The maximum atomic E-state index is 12.1. The van der Waals surface area contributed by atoms with E-state index in [9.17, 15) is 9.59 Å². The Hall–Kier alpha value is -1.69. The normalized spacial score (nSPS) is 21.2. The molecule has 0 radical (unpaired) electrons. The zero-order valence-electron chi connectivity index (χ0n) is 11.5. The first-order chi connectivity index (χ1) is 9.02. The molecule has 0 aliphatic carbocycles. The van der Waals surface area contributed by atoms with Gasteiger partial charge in [0.05, 0.1) is 25.2 Å². The minimum atomic E-state index is -0.464. The van der Waals surface area contributed by atoms with Crippen molar-refractivity contribution in [3.63, 3.8) is 0 Å². The predicted molar refractivity (Wildman–Crippen MR) is 68.1 cm³/mol. The highest BCUT2D eigenvalue weighted by Gasteiger charge is 2.40. The first-order valence-corrected chi connectivity index (χ1v) is 6.53. The topological polar surface area (TPSA) is 75.4 Å². The molecule has 2 rings (SSSR count). The summed E-state index contributed by atoms with van der Waals surface area (Å²) in [6.45, 7) is 6.01. The van der Waals surface area contributed by atoms with Crippen molar-refractivity contribution in [3.8, 4) is 0 Å². The Morgan fingerprint density at radius 1 is 1.58 bits per heavy atom. The molecule has 2 heterocycles. The van der Waals surface area contributed by atoms with Crippen LogP contribution in [-0.2, 0) is 16.1 Å². The molecule has 1 saturated heterocycles. The largest absolute Gasteiger partial charge is 0.445 e. The molecule has 2 atom stereocenters. The van der Waals surface area contributed by atoms with Gasteiger partial charge in [-0.05, 0) is 20.3 Å². The van der Waals surface area contributed by atoms with E-state index in [1.165, 1.54) is 4.90 Å². The van der Waals surface area contributed by atoms with Crippen molar-refractivity contribution in [1.82, 2.24) is 15.2 Å². The number of hydrogen-bond acceptors (Lipinski definition) is 5. The van der Waals surface area contributed by atoms with Crippen LogP contribution in [0.25, 0.3) is 0 Å². The van der Waals surface area contributed by atoms with E-state index in [2.05, 4.69) is 10.3 Å². The lowest BCUT2D eigenvalue weighted by molar-refractivity contribution is -0.141. The van der Waals surface area contributed by atoms with Gasteiger partial charge in [-0.15, -0.1) is 0 Å². The van der Waals surface area contributed by atoms with Crippen LogP contribution in [0.2, 0.25) is 0 Å². The Bertz CT molecular complexity index is 483. The molecule has 2 amide bonds. The minimum Gasteiger partial charge on any atom is -0.445 e. The van der Waals surface area contributed by atoms with Crippen LogP contribution >= 0.6 is 0 Å². The standard InChI is InChI=1S/C13H19N3O3/c1-4-8(2)16-12(17)5-10(13(16)18)14-7-11-15-6-9(3)19-11/h6,8,10,14H,4-5,7H2,1-3H3. The highest BCUT2D eigenvalue weighted by atomic mass is 16.4. The number of carbonyl (C=O) groups excluding carboxylic acids is 2. The van der Waals surface area contributed by atoms with E-state index in [0.29, 0.717) is 12.4 Å². The summed E-state index contributed by atoms with van der Waals surface area (Å²) < 4.78 is 5.32. The predicted octanol–water partition coefficient (Wildman–Crippen LogP) is 0.999. The van der Waals surface area contributed by atoms with Crippen molar-refractivity contribution in [2.75, 3.05) is 0 Å². The first kappa shape index (κ1) is 13.7. The van der Waals surface area contributed by atoms with Crippen LogP contribution in [0.3, 0.4) is 0 Å². The summed E-state index contributed by atoms with van der Waals surface area (Å²) >= 11 is 0. The molecule has 6 nitrogen and oxygen atoms in total. The van der Waals surface area contributed by atoms with Gasteiger partial charge in [-0.1, -0.05) is 6.92 Å².